The van der Waals surface area contributed by atoms with E-state index < -0.39 is 23.6 Å². The molecule has 100 valence electrons. The molecule has 1 heterocycles. The Balaban J connectivity index is 3.15. The number of aromatic nitrogens is 1. The maximum Gasteiger partial charge on any atom is 0.417 e. The van der Waals surface area contributed by atoms with Crippen LogP contribution in [0.25, 0.3) is 0 Å². The van der Waals surface area contributed by atoms with E-state index in [4.69, 9.17) is 22.4 Å². The van der Waals surface area contributed by atoms with Crippen molar-refractivity contribution in [3.05, 3.63) is 28.5 Å². The van der Waals surface area contributed by atoms with Crippen LogP contribution in [0.3, 0.4) is 0 Å². The lowest BCUT2D eigenvalue weighted by molar-refractivity contribution is -0.139. The van der Waals surface area contributed by atoms with Crippen LogP contribution in [0.4, 0.5) is 13.2 Å². The molecule has 3 N–H and O–H groups in total. The number of alkyl halides is 3. The van der Waals surface area contributed by atoms with Gasteiger partial charge in [-0.15, -0.1) is 0 Å². The predicted octanol–water partition coefficient (Wildman–Crippen LogP) is 2.27. The summed E-state index contributed by atoms with van der Waals surface area (Å²) in [4.78, 5) is 14.4. The number of nitrogens with zero attached hydrogens (tertiary/aromatic N) is 1. The van der Waals surface area contributed by atoms with Gasteiger partial charge in [-0.05, 0) is 19.0 Å². The molecule has 0 saturated carbocycles. The number of rotatable bonds is 4. The van der Waals surface area contributed by atoms with Gasteiger partial charge in [0.1, 0.15) is 5.92 Å². The van der Waals surface area contributed by atoms with Crippen LogP contribution >= 0.6 is 11.6 Å². The van der Waals surface area contributed by atoms with Crippen LogP contribution in [0.5, 0.6) is 0 Å². The zero-order chi connectivity index (χ0) is 13.9. The lowest BCUT2D eigenvalue weighted by Crippen LogP contribution is -2.18. The largest absolute Gasteiger partial charge is 0.481 e. The third-order valence-corrected chi connectivity index (χ3v) is 2.58. The summed E-state index contributed by atoms with van der Waals surface area (Å²) in [6.45, 7) is 0.0655. The number of hydrogen-bond donors (Lipinski definition) is 2. The van der Waals surface area contributed by atoms with Crippen molar-refractivity contribution < 1.29 is 23.1 Å². The van der Waals surface area contributed by atoms with Gasteiger partial charge in [0, 0.05) is 6.20 Å². The Hall–Kier alpha value is -1.34. The molecule has 1 aromatic heterocycles. The molecule has 18 heavy (non-hydrogen) atoms. The van der Waals surface area contributed by atoms with Crippen LogP contribution in [0.2, 0.25) is 5.02 Å². The van der Waals surface area contributed by atoms with Gasteiger partial charge in [0.15, 0.2) is 0 Å². The molecule has 0 aliphatic carbocycles. The minimum atomic E-state index is -4.57. The molecular formula is C10H10ClF3N2O2. The molecule has 0 spiro atoms. The van der Waals surface area contributed by atoms with Gasteiger partial charge in [-0.2, -0.15) is 13.2 Å². The van der Waals surface area contributed by atoms with Gasteiger partial charge in [-0.25, -0.2) is 0 Å². The maximum absolute atomic E-state index is 12.4. The van der Waals surface area contributed by atoms with Crippen molar-refractivity contribution in [2.24, 2.45) is 5.73 Å². The number of hydrogen-bond acceptors (Lipinski definition) is 3. The van der Waals surface area contributed by atoms with Crippen LogP contribution in [0, 0.1) is 0 Å². The van der Waals surface area contributed by atoms with Crippen molar-refractivity contribution in [3.63, 3.8) is 0 Å². The van der Waals surface area contributed by atoms with Crippen molar-refractivity contribution in [1.29, 1.82) is 0 Å². The number of aliphatic carboxylic acids is 1. The summed E-state index contributed by atoms with van der Waals surface area (Å²) in [6, 6.07) is 0.663. The Morgan fingerprint density at radius 3 is 2.56 bits per heavy atom. The maximum atomic E-state index is 12.4. The first-order chi connectivity index (χ1) is 8.27. The van der Waals surface area contributed by atoms with Crippen LogP contribution in [-0.2, 0) is 11.0 Å². The molecule has 0 aliphatic rings. The first-order valence-corrected chi connectivity index (χ1v) is 5.30. The topological polar surface area (TPSA) is 76.2 Å². The summed E-state index contributed by atoms with van der Waals surface area (Å²) in [5, 5.41) is 8.61. The second kappa shape index (κ2) is 5.53. The number of pyridine rings is 1. The van der Waals surface area contributed by atoms with E-state index >= 15 is 0 Å². The predicted molar refractivity (Wildman–Crippen MR) is 58.3 cm³/mol. The normalized spacial score (nSPS) is 13.4. The van der Waals surface area contributed by atoms with Gasteiger partial charge in [0.05, 0.1) is 16.3 Å². The second-order valence-corrected chi connectivity index (χ2v) is 3.96. The standard InChI is InChI=1S/C10H10ClF3N2O2/c11-7-3-5(10(12,13)14)4-16-8(7)6(1-2-15)9(17)18/h3-4,6H,1-2,15H2,(H,17,18). The third-order valence-electron chi connectivity index (χ3n) is 2.28. The number of carboxylic acids is 1. The Morgan fingerprint density at radius 2 is 2.17 bits per heavy atom. The van der Waals surface area contributed by atoms with Gasteiger partial charge in [0.25, 0.3) is 0 Å². The highest BCUT2D eigenvalue weighted by atomic mass is 35.5. The third kappa shape index (κ3) is 3.33. The molecule has 1 rings (SSSR count). The van der Waals surface area contributed by atoms with Crippen molar-refractivity contribution in [3.8, 4) is 0 Å². The summed E-state index contributed by atoms with van der Waals surface area (Å²) in [6.07, 6.45) is -3.96. The Kier molecular flexibility index (Phi) is 4.53. The van der Waals surface area contributed by atoms with Crippen molar-refractivity contribution >= 4 is 17.6 Å². The van der Waals surface area contributed by atoms with Gasteiger partial charge >= 0.3 is 12.1 Å². The molecule has 8 heteroatoms. The number of carboxylic acid groups (broad SMARTS) is 1. The zero-order valence-corrected chi connectivity index (χ0v) is 9.79. The van der Waals surface area contributed by atoms with E-state index in [1.165, 1.54) is 0 Å². The number of carbonyl (C=O) groups is 1. The van der Waals surface area contributed by atoms with Gasteiger partial charge < -0.3 is 10.8 Å². The molecule has 1 aromatic rings. The van der Waals surface area contributed by atoms with E-state index in [2.05, 4.69) is 4.98 Å². The van der Waals surface area contributed by atoms with E-state index in [0.29, 0.717) is 12.3 Å². The van der Waals surface area contributed by atoms with Crippen molar-refractivity contribution in [2.45, 2.75) is 18.5 Å². The van der Waals surface area contributed by atoms with Gasteiger partial charge in [-0.3, -0.25) is 9.78 Å². The molecule has 1 unspecified atom stereocenters. The molecular weight excluding hydrogens is 273 g/mol. The molecule has 0 aromatic carbocycles. The van der Waals surface area contributed by atoms with Crippen LogP contribution < -0.4 is 5.73 Å². The average Bonchev–Trinajstić information content (AvgIpc) is 2.24. The highest BCUT2D eigenvalue weighted by Crippen LogP contribution is 2.33. The SMILES string of the molecule is NCCC(C(=O)O)c1ncc(C(F)(F)F)cc1Cl. The fourth-order valence-corrected chi connectivity index (χ4v) is 1.70. The van der Waals surface area contributed by atoms with Crippen LogP contribution in [0.15, 0.2) is 12.3 Å². The van der Waals surface area contributed by atoms with Crippen LogP contribution in [-0.4, -0.2) is 22.6 Å². The van der Waals surface area contributed by atoms with Gasteiger partial charge in [-0.1, -0.05) is 11.6 Å². The fraction of sp³-hybridized carbons (Fsp3) is 0.400. The summed E-state index contributed by atoms with van der Waals surface area (Å²) >= 11 is 5.64. The highest BCUT2D eigenvalue weighted by molar-refractivity contribution is 6.31. The van der Waals surface area contributed by atoms with E-state index in [9.17, 15) is 18.0 Å². The minimum Gasteiger partial charge on any atom is -0.481 e. The average molecular weight is 283 g/mol. The summed E-state index contributed by atoms with van der Waals surface area (Å²) in [5.74, 6) is -2.33. The fourth-order valence-electron chi connectivity index (χ4n) is 1.40. The minimum absolute atomic E-state index is 0.0490. The molecule has 0 fully saturated rings. The Bertz CT molecular complexity index is 451. The first-order valence-electron chi connectivity index (χ1n) is 4.93. The monoisotopic (exact) mass is 282 g/mol. The lowest BCUT2D eigenvalue weighted by Gasteiger charge is -2.14. The van der Waals surface area contributed by atoms with E-state index in [1.807, 2.05) is 0 Å². The summed E-state index contributed by atoms with van der Waals surface area (Å²) < 4.78 is 37.1. The molecule has 0 aliphatic heterocycles. The quantitative estimate of drug-likeness (QED) is 0.888. The zero-order valence-electron chi connectivity index (χ0n) is 9.04. The van der Waals surface area contributed by atoms with E-state index in [1.54, 1.807) is 0 Å². The second-order valence-electron chi connectivity index (χ2n) is 3.56. The summed E-state index contributed by atoms with van der Waals surface area (Å²) in [5.41, 5.74) is 4.11. The van der Waals surface area contributed by atoms with E-state index in [-0.39, 0.29) is 23.7 Å². The molecule has 0 saturated heterocycles. The molecule has 4 nitrogen and oxygen atoms in total. The van der Waals surface area contributed by atoms with Crippen molar-refractivity contribution in [2.75, 3.05) is 6.54 Å². The molecule has 1 atom stereocenters. The van der Waals surface area contributed by atoms with Crippen LogP contribution in [0.1, 0.15) is 23.6 Å². The lowest BCUT2D eigenvalue weighted by atomic mass is 10.0. The molecule has 0 amide bonds. The smallest absolute Gasteiger partial charge is 0.417 e. The number of nitrogens with two attached hydrogens (primary N) is 1. The summed E-state index contributed by atoms with van der Waals surface area (Å²) in [7, 11) is 0. The highest BCUT2D eigenvalue weighted by Gasteiger charge is 2.33. The first kappa shape index (κ1) is 14.7. The van der Waals surface area contributed by atoms with E-state index in [0.717, 1.165) is 0 Å². The molecule has 0 bridgehead atoms. The molecule has 0 radical (unpaired) electrons. The van der Waals surface area contributed by atoms with Gasteiger partial charge in [0.2, 0.25) is 0 Å². The Morgan fingerprint density at radius 1 is 1.56 bits per heavy atom. The number of halogens is 4. The van der Waals surface area contributed by atoms with Crippen molar-refractivity contribution in [1.82, 2.24) is 4.98 Å². The Labute approximate surface area is 106 Å².